The maximum absolute atomic E-state index is 12.8. The van der Waals surface area contributed by atoms with Gasteiger partial charge in [0.2, 0.25) is 0 Å². The second-order valence-electron chi connectivity index (χ2n) is 7.83. The lowest BCUT2D eigenvalue weighted by Gasteiger charge is -2.11. The summed E-state index contributed by atoms with van der Waals surface area (Å²) in [4.78, 5) is 17.9. The van der Waals surface area contributed by atoms with Crippen LogP contribution < -0.4 is 14.8 Å². The minimum Gasteiger partial charge on any atom is -0.493 e. The number of hydrogen-bond acceptors (Lipinski definition) is 6. The zero-order valence-corrected chi connectivity index (χ0v) is 22.0. The van der Waals surface area contributed by atoms with Crippen LogP contribution >= 0.6 is 34.5 Å². The van der Waals surface area contributed by atoms with E-state index in [0.29, 0.717) is 45.3 Å². The first kappa shape index (κ1) is 26.2. The van der Waals surface area contributed by atoms with Gasteiger partial charge in [0.25, 0.3) is 5.91 Å². The number of thiazole rings is 1. The van der Waals surface area contributed by atoms with Crippen LogP contribution in [0.1, 0.15) is 21.6 Å². The lowest BCUT2D eigenvalue weighted by Crippen LogP contribution is -2.13. The second kappa shape index (κ2) is 12.4. The quantitative estimate of drug-likeness (QED) is 0.176. The fourth-order valence-corrected chi connectivity index (χ4v) is 4.65. The third-order valence-electron chi connectivity index (χ3n) is 5.27. The van der Waals surface area contributed by atoms with E-state index in [1.807, 2.05) is 48.5 Å². The topological polar surface area (TPSA) is 84.2 Å². The van der Waals surface area contributed by atoms with Crippen molar-refractivity contribution in [3.05, 3.63) is 110 Å². The zero-order chi connectivity index (χ0) is 26.2. The van der Waals surface area contributed by atoms with Gasteiger partial charge in [0, 0.05) is 17.5 Å². The van der Waals surface area contributed by atoms with Crippen molar-refractivity contribution in [1.82, 2.24) is 4.98 Å². The maximum Gasteiger partial charge on any atom is 0.268 e. The van der Waals surface area contributed by atoms with E-state index in [9.17, 15) is 10.1 Å². The average Bonchev–Trinajstić information content (AvgIpc) is 3.36. The van der Waals surface area contributed by atoms with E-state index in [1.54, 1.807) is 30.5 Å². The van der Waals surface area contributed by atoms with Crippen molar-refractivity contribution in [2.45, 2.75) is 13.0 Å². The number of nitriles is 1. The van der Waals surface area contributed by atoms with Gasteiger partial charge in [0.15, 0.2) is 16.6 Å². The number of ether oxygens (including phenoxy) is 2. The Morgan fingerprint density at radius 2 is 1.92 bits per heavy atom. The molecule has 0 fully saturated rings. The van der Waals surface area contributed by atoms with Crippen LogP contribution in [-0.4, -0.2) is 18.0 Å². The summed E-state index contributed by atoms with van der Waals surface area (Å²) in [6.07, 6.45) is 3.66. The number of aromatic nitrogens is 1. The average molecular weight is 550 g/mol. The van der Waals surface area contributed by atoms with Gasteiger partial charge >= 0.3 is 0 Å². The lowest BCUT2D eigenvalue weighted by atomic mass is 10.1. The fourth-order valence-electron chi connectivity index (χ4n) is 3.43. The molecule has 4 rings (SSSR count). The van der Waals surface area contributed by atoms with Gasteiger partial charge in [-0.15, -0.1) is 11.3 Å². The number of hydrogen-bond donors (Lipinski definition) is 1. The molecule has 1 amide bonds. The number of amides is 1. The monoisotopic (exact) mass is 549 g/mol. The number of carbonyl (C=O) groups is 1. The minimum atomic E-state index is -0.562. The minimum absolute atomic E-state index is 0.0744. The Hall–Kier alpha value is -3.83. The number of carbonyl (C=O) groups excluding carboxylic acids is 1. The number of benzene rings is 3. The van der Waals surface area contributed by atoms with Crippen molar-refractivity contribution in [3.63, 3.8) is 0 Å². The maximum atomic E-state index is 12.8. The highest BCUT2D eigenvalue weighted by Crippen LogP contribution is 2.31. The zero-order valence-electron chi connectivity index (χ0n) is 19.7. The highest BCUT2D eigenvalue weighted by Gasteiger charge is 2.14. The summed E-state index contributed by atoms with van der Waals surface area (Å²) in [6.45, 7) is 0.386. The van der Waals surface area contributed by atoms with E-state index in [-0.39, 0.29) is 5.57 Å². The first-order chi connectivity index (χ1) is 18.0. The number of rotatable bonds is 9. The summed E-state index contributed by atoms with van der Waals surface area (Å²) in [5, 5.41) is 13.6. The van der Waals surface area contributed by atoms with Crippen molar-refractivity contribution in [1.29, 1.82) is 5.26 Å². The molecule has 0 bridgehead atoms. The SMILES string of the molecule is COc1cc(C=C(C#N)C(=O)Nc2ncc(Cc3cccc(Cl)c3Cl)s2)ccc1OCc1ccccc1. The van der Waals surface area contributed by atoms with Crippen LogP contribution in [0, 0.1) is 11.3 Å². The largest absolute Gasteiger partial charge is 0.493 e. The van der Waals surface area contributed by atoms with Gasteiger partial charge in [0.1, 0.15) is 18.2 Å². The molecule has 0 aliphatic rings. The normalized spacial score (nSPS) is 11.0. The van der Waals surface area contributed by atoms with Gasteiger partial charge in [-0.3, -0.25) is 10.1 Å². The van der Waals surface area contributed by atoms with Gasteiger partial charge in [-0.1, -0.05) is 71.7 Å². The molecule has 0 saturated carbocycles. The molecule has 0 unspecified atom stereocenters. The molecule has 1 heterocycles. The van der Waals surface area contributed by atoms with Crippen molar-refractivity contribution in [2.24, 2.45) is 0 Å². The summed E-state index contributed by atoms with van der Waals surface area (Å²) in [5.41, 5.74) is 2.43. The molecule has 186 valence electrons. The van der Waals surface area contributed by atoms with Crippen LogP contribution in [0.2, 0.25) is 10.0 Å². The molecule has 0 aliphatic carbocycles. The molecule has 0 saturated heterocycles. The third kappa shape index (κ3) is 6.89. The first-order valence-electron chi connectivity index (χ1n) is 11.1. The van der Waals surface area contributed by atoms with Crippen LogP contribution in [0.3, 0.4) is 0 Å². The van der Waals surface area contributed by atoms with Gasteiger partial charge < -0.3 is 9.47 Å². The van der Waals surface area contributed by atoms with Crippen molar-refractivity contribution in [2.75, 3.05) is 12.4 Å². The van der Waals surface area contributed by atoms with E-state index in [4.69, 9.17) is 32.7 Å². The Bertz CT molecular complexity index is 1480. The molecule has 37 heavy (non-hydrogen) atoms. The third-order valence-corrected chi connectivity index (χ3v) is 7.04. The van der Waals surface area contributed by atoms with Gasteiger partial charge in [-0.2, -0.15) is 5.26 Å². The van der Waals surface area contributed by atoms with E-state index < -0.39 is 5.91 Å². The molecule has 6 nitrogen and oxygen atoms in total. The highest BCUT2D eigenvalue weighted by molar-refractivity contribution is 7.15. The summed E-state index contributed by atoms with van der Waals surface area (Å²) in [6, 6.07) is 22.4. The van der Waals surface area contributed by atoms with Crippen LogP contribution in [0.5, 0.6) is 11.5 Å². The Balaban J connectivity index is 1.43. The molecule has 4 aromatic rings. The number of anilines is 1. The smallest absolute Gasteiger partial charge is 0.268 e. The Labute approximate surface area is 228 Å². The molecular weight excluding hydrogens is 529 g/mol. The van der Waals surface area contributed by atoms with Crippen LogP contribution in [0.15, 0.2) is 78.5 Å². The summed E-state index contributed by atoms with van der Waals surface area (Å²) in [5.74, 6) is 0.487. The van der Waals surface area contributed by atoms with Crippen LogP contribution in [0.25, 0.3) is 6.08 Å². The summed E-state index contributed by atoms with van der Waals surface area (Å²) in [7, 11) is 1.53. The molecule has 0 aliphatic heterocycles. The van der Waals surface area contributed by atoms with Crippen molar-refractivity contribution in [3.8, 4) is 17.6 Å². The number of halogens is 2. The van der Waals surface area contributed by atoms with Gasteiger partial charge in [-0.05, 0) is 41.0 Å². The van der Waals surface area contributed by atoms with Crippen molar-refractivity contribution >= 4 is 51.7 Å². The predicted octanol–water partition coefficient (Wildman–Crippen LogP) is 7.17. The van der Waals surface area contributed by atoms with Crippen molar-refractivity contribution < 1.29 is 14.3 Å². The first-order valence-corrected chi connectivity index (χ1v) is 12.7. The molecule has 3 aromatic carbocycles. The van der Waals surface area contributed by atoms with E-state index in [1.165, 1.54) is 24.5 Å². The highest BCUT2D eigenvalue weighted by atomic mass is 35.5. The lowest BCUT2D eigenvalue weighted by molar-refractivity contribution is -0.112. The molecule has 1 N–H and O–H groups in total. The fraction of sp³-hybridized carbons (Fsp3) is 0.107. The van der Waals surface area contributed by atoms with Gasteiger partial charge in [-0.25, -0.2) is 4.98 Å². The Morgan fingerprint density at radius 1 is 1.11 bits per heavy atom. The van der Waals surface area contributed by atoms with Crippen LogP contribution in [-0.2, 0) is 17.8 Å². The molecule has 0 spiro atoms. The number of nitrogens with one attached hydrogen (secondary N) is 1. The predicted molar refractivity (Wildman–Crippen MR) is 147 cm³/mol. The number of methoxy groups -OCH3 is 1. The summed E-state index contributed by atoms with van der Waals surface area (Å²) < 4.78 is 11.3. The Kier molecular flexibility index (Phi) is 8.81. The molecular formula is C28H21Cl2N3O3S. The molecule has 0 radical (unpaired) electrons. The van der Waals surface area contributed by atoms with E-state index >= 15 is 0 Å². The van der Waals surface area contributed by atoms with E-state index in [0.717, 1.165) is 16.0 Å². The summed E-state index contributed by atoms with van der Waals surface area (Å²) >= 11 is 13.7. The van der Waals surface area contributed by atoms with Gasteiger partial charge in [0.05, 0.1) is 17.2 Å². The standard InChI is InChI=1S/C28H21Cl2N3O3S/c1-35-25-13-19(10-11-24(25)36-17-18-6-3-2-4-7-18)12-21(15-31)27(34)33-28-32-16-22(37-28)14-20-8-5-9-23(29)26(20)30/h2-13,16H,14,17H2,1H3,(H,32,33,34). The Morgan fingerprint density at radius 3 is 2.68 bits per heavy atom. The van der Waals surface area contributed by atoms with Crippen LogP contribution in [0.4, 0.5) is 5.13 Å². The molecule has 9 heteroatoms. The molecule has 0 atom stereocenters. The second-order valence-corrected chi connectivity index (χ2v) is 9.73. The van der Waals surface area contributed by atoms with E-state index in [2.05, 4.69) is 10.3 Å². The number of nitrogens with zero attached hydrogens (tertiary/aromatic N) is 2. The molecule has 1 aromatic heterocycles.